The van der Waals surface area contributed by atoms with E-state index in [1.165, 1.54) is 0 Å². The zero-order valence-electron chi connectivity index (χ0n) is 12.9. The van der Waals surface area contributed by atoms with Gasteiger partial charge in [0.15, 0.2) is 6.61 Å². The van der Waals surface area contributed by atoms with Crippen molar-refractivity contribution in [2.45, 2.75) is 52.7 Å². The van der Waals surface area contributed by atoms with E-state index in [0.29, 0.717) is 6.04 Å². The summed E-state index contributed by atoms with van der Waals surface area (Å²) in [5, 5.41) is 6.23. The number of amides is 1. The number of carbonyl (C=O) groups is 1. The van der Waals surface area contributed by atoms with E-state index in [0.717, 1.165) is 24.3 Å². The standard InChI is InChI=1S/C16H26N2O2/c1-5-13(4)18-16(19)11-20-15-8-6-7-14(9-15)10-17-12(2)3/h6-9,12-13,17H,5,10-11H2,1-4H3,(H,18,19). The summed E-state index contributed by atoms with van der Waals surface area (Å²) in [6.45, 7) is 9.10. The molecule has 4 nitrogen and oxygen atoms in total. The van der Waals surface area contributed by atoms with Crippen molar-refractivity contribution in [1.29, 1.82) is 0 Å². The lowest BCUT2D eigenvalue weighted by atomic mass is 10.2. The maximum Gasteiger partial charge on any atom is 0.258 e. The van der Waals surface area contributed by atoms with E-state index < -0.39 is 0 Å². The van der Waals surface area contributed by atoms with E-state index in [4.69, 9.17) is 4.74 Å². The smallest absolute Gasteiger partial charge is 0.258 e. The lowest BCUT2D eigenvalue weighted by Gasteiger charge is -2.13. The Morgan fingerprint density at radius 2 is 2.05 bits per heavy atom. The Morgan fingerprint density at radius 1 is 1.30 bits per heavy atom. The molecule has 0 aliphatic carbocycles. The van der Waals surface area contributed by atoms with Crippen LogP contribution in [0.4, 0.5) is 0 Å². The number of hydrogen-bond acceptors (Lipinski definition) is 3. The molecule has 0 aliphatic rings. The summed E-state index contributed by atoms with van der Waals surface area (Å²) in [5.74, 6) is 0.650. The summed E-state index contributed by atoms with van der Waals surface area (Å²) in [4.78, 5) is 11.6. The van der Waals surface area contributed by atoms with Crippen molar-refractivity contribution in [3.63, 3.8) is 0 Å². The molecule has 2 N–H and O–H groups in total. The lowest BCUT2D eigenvalue weighted by molar-refractivity contribution is -0.123. The van der Waals surface area contributed by atoms with Crippen LogP contribution in [0.2, 0.25) is 0 Å². The second-order valence-corrected chi connectivity index (χ2v) is 5.35. The van der Waals surface area contributed by atoms with Crippen LogP contribution >= 0.6 is 0 Å². The fraction of sp³-hybridized carbons (Fsp3) is 0.562. The van der Waals surface area contributed by atoms with Crippen molar-refractivity contribution in [1.82, 2.24) is 10.6 Å². The molecule has 0 bridgehead atoms. The third kappa shape index (κ3) is 6.57. The molecular formula is C16H26N2O2. The van der Waals surface area contributed by atoms with Gasteiger partial charge in [-0.25, -0.2) is 0 Å². The quantitative estimate of drug-likeness (QED) is 0.768. The summed E-state index contributed by atoms with van der Waals surface area (Å²) in [7, 11) is 0. The van der Waals surface area contributed by atoms with Crippen LogP contribution in [-0.4, -0.2) is 24.6 Å². The van der Waals surface area contributed by atoms with Gasteiger partial charge in [0.1, 0.15) is 5.75 Å². The van der Waals surface area contributed by atoms with Crippen molar-refractivity contribution in [2.24, 2.45) is 0 Å². The maximum atomic E-state index is 11.6. The van der Waals surface area contributed by atoms with Crippen LogP contribution in [0.5, 0.6) is 5.75 Å². The van der Waals surface area contributed by atoms with E-state index >= 15 is 0 Å². The molecule has 1 aromatic rings. The Labute approximate surface area is 121 Å². The van der Waals surface area contributed by atoms with Crippen molar-refractivity contribution in [2.75, 3.05) is 6.61 Å². The monoisotopic (exact) mass is 278 g/mol. The highest BCUT2D eigenvalue weighted by Crippen LogP contribution is 2.13. The first-order valence-electron chi connectivity index (χ1n) is 7.25. The average molecular weight is 278 g/mol. The molecule has 1 amide bonds. The number of ether oxygens (including phenoxy) is 1. The maximum absolute atomic E-state index is 11.6. The number of rotatable bonds is 8. The molecule has 1 rings (SSSR count). The van der Waals surface area contributed by atoms with Gasteiger partial charge in [-0.1, -0.05) is 32.9 Å². The Balaban J connectivity index is 2.43. The number of nitrogens with one attached hydrogen (secondary N) is 2. The summed E-state index contributed by atoms with van der Waals surface area (Å²) in [6, 6.07) is 8.45. The Bertz CT molecular complexity index is 419. The molecule has 112 valence electrons. The van der Waals surface area contributed by atoms with E-state index in [1.807, 2.05) is 38.1 Å². The molecule has 20 heavy (non-hydrogen) atoms. The van der Waals surface area contributed by atoms with Crippen molar-refractivity contribution >= 4 is 5.91 Å². The van der Waals surface area contributed by atoms with Crippen molar-refractivity contribution < 1.29 is 9.53 Å². The highest BCUT2D eigenvalue weighted by Gasteiger charge is 2.06. The van der Waals surface area contributed by atoms with Crippen LogP contribution in [0.1, 0.15) is 39.7 Å². The van der Waals surface area contributed by atoms with Crippen LogP contribution in [0, 0.1) is 0 Å². The zero-order valence-corrected chi connectivity index (χ0v) is 12.9. The highest BCUT2D eigenvalue weighted by molar-refractivity contribution is 5.77. The first kappa shape index (κ1) is 16.5. The SMILES string of the molecule is CCC(C)NC(=O)COc1cccc(CNC(C)C)c1. The molecule has 0 radical (unpaired) electrons. The normalized spacial score (nSPS) is 12.2. The Morgan fingerprint density at radius 3 is 2.70 bits per heavy atom. The minimum atomic E-state index is -0.0786. The molecule has 4 heteroatoms. The molecule has 1 atom stereocenters. The zero-order chi connectivity index (χ0) is 15.0. The van der Waals surface area contributed by atoms with Gasteiger partial charge in [0.25, 0.3) is 5.91 Å². The number of benzene rings is 1. The summed E-state index contributed by atoms with van der Waals surface area (Å²) >= 11 is 0. The fourth-order valence-electron chi connectivity index (χ4n) is 1.63. The van der Waals surface area contributed by atoms with Gasteiger partial charge in [0, 0.05) is 18.6 Å². The lowest BCUT2D eigenvalue weighted by Crippen LogP contribution is -2.35. The molecule has 1 unspecified atom stereocenters. The van der Waals surface area contributed by atoms with Crippen LogP contribution in [0.25, 0.3) is 0 Å². The van der Waals surface area contributed by atoms with E-state index in [9.17, 15) is 4.79 Å². The van der Waals surface area contributed by atoms with Crippen LogP contribution in [0.15, 0.2) is 24.3 Å². The highest BCUT2D eigenvalue weighted by atomic mass is 16.5. The van der Waals surface area contributed by atoms with Crippen LogP contribution in [0.3, 0.4) is 0 Å². The number of hydrogen-bond donors (Lipinski definition) is 2. The second-order valence-electron chi connectivity index (χ2n) is 5.35. The average Bonchev–Trinajstić information content (AvgIpc) is 2.43. The largest absolute Gasteiger partial charge is 0.484 e. The van der Waals surface area contributed by atoms with Gasteiger partial charge in [0.05, 0.1) is 0 Å². The first-order valence-corrected chi connectivity index (χ1v) is 7.25. The third-order valence-corrected chi connectivity index (χ3v) is 3.00. The van der Waals surface area contributed by atoms with Gasteiger partial charge < -0.3 is 15.4 Å². The Hall–Kier alpha value is -1.55. The third-order valence-electron chi connectivity index (χ3n) is 3.00. The molecule has 0 fully saturated rings. The predicted molar refractivity (Wildman–Crippen MR) is 81.8 cm³/mol. The van der Waals surface area contributed by atoms with Gasteiger partial charge in [-0.2, -0.15) is 0 Å². The summed E-state index contributed by atoms with van der Waals surface area (Å²) in [6.07, 6.45) is 0.919. The molecule has 0 aromatic heterocycles. The molecule has 0 spiro atoms. The topological polar surface area (TPSA) is 50.4 Å². The molecule has 1 aromatic carbocycles. The minimum absolute atomic E-state index is 0.0609. The summed E-state index contributed by atoms with van der Waals surface area (Å²) in [5.41, 5.74) is 1.15. The minimum Gasteiger partial charge on any atom is -0.484 e. The van der Waals surface area contributed by atoms with Crippen molar-refractivity contribution in [3.05, 3.63) is 29.8 Å². The fourth-order valence-corrected chi connectivity index (χ4v) is 1.63. The summed E-state index contributed by atoms with van der Waals surface area (Å²) < 4.78 is 5.52. The molecule has 0 aliphatic heterocycles. The van der Waals surface area contributed by atoms with Gasteiger partial charge in [-0.3, -0.25) is 4.79 Å². The van der Waals surface area contributed by atoms with Crippen LogP contribution in [-0.2, 0) is 11.3 Å². The van der Waals surface area contributed by atoms with Crippen LogP contribution < -0.4 is 15.4 Å². The van der Waals surface area contributed by atoms with E-state index in [2.05, 4.69) is 24.5 Å². The van der Waals surface area contributed by atoms with E-state index in [-0.39, 0.29) is 18.6 Å². The molecular weight excluding hydrogens is 252 g/mol. The van der Waals surface area contributed by atoms with Gasteiger partial charge in [-0.05, 0) is 31.0 Å². The van der Waals surface area contributed by atoms with Crippen molar-refractivity contribution in [3.8, 4) is 5.75 Å². The molecule has 0 saturated heterocycles. The van der Waals surface area contributed by atoms with Gasteiger partial charge >= 0.3 is 0 Å². The first-order chi connectivity index (χ1) is 9.51. The second kappa shape index (κ2) is 8.59. The van der Waals surface area contributed by atoms with E-state index in [1.54, 1.807) is 0 Å². The molecule has 0 heterocycles. The Kier molecular flexibility index (Phi) is 7.09. The molecule has 0 saturated carbocycles. The van der Waals surface area contributed by atoms with Gasteiger partial charge in [0.2, 0.25) is 0 Å². The predicted octanol–water partition coefficient (Wildman–Crippen LogP) is 2.48. The van der Waals surface area contributed by atoms with Gasteiger partial charge in [-0.15, -0.1) is 0 Å². The number of carbonyl (C=O) groups excluding carboxylic acids is 1.